The number of alkyl halides is 2. The molecule has 1 nitrogen and oxygen atoms in total. The molecule has 1 aromatic carbocycles. The maximum atomic E-state index is 13.0. The van der Waals surface area contributed by atoms with Gasteiger partial charge in [-0.3, -0.25) is 4.79 Å². The lowest BCUT2D eigenvalue weighted by molar-refractivity contribution is 0.0993. The Hall–Kier alpha value is -1.32. The van der Waals surface area contributed by atoms with Crippen LogP contribution in [-0.2, 0) is 6.42 Å². The number of carbonyl (C=O) groups excluding carboxylic acids is 1. The number of rotatable bonds is 1. The molecule has 0 atom stereocenters. The normalized spacial score (nSPS) is 15.0. The Morgan fingerprint density at radius 3 is 2.57 bits per heavy atom. The number of Topliss-reactive ketones (excluding diaryl/α,β-unsaturated/α-hetero) is 1. The van der Waals surface area contributed by atoms with Gasteiger partial charge in [0.05, 0.1) is 5.56 Å². The molecular formula is C10H7F3O. The van der Waals surface area contributed by atoms with Crippen molar-refractivity contribution >= 4 is 5.78 Å². The van der Waals surface area contributed by atoms with Crippen molar-refractivity contribution in [2.24, 2.45) is 0 Å². The summed E-state index contributed by atoms with van der Waals surface area (Å²) in [6.07, 6.45) is -2.09. The van der Waals surface area contributed by atoms with Gasteiger partial charge in [-0.05, 0) is 24.1 Å². The summed E-state index contributed by atoms with van der Waals surface area (Å²) in [6.45, 7) is 0. The predicted octanol–water partition coefficient (Wildman–Crippen LogP) is 2.89. The van der Waals surface area contributed by atoms with Crippen molar-refractivity contribution in [3.8, 4) is 0 Å². The summed E-state index contributed by atoms with van der Waals surface area (Å²) in [5, 5.41) is 0. The molecule has 0 unspecified atom stereocenters. The summed E-state index contributed by atoms with van der Waals surface area (Å²) in [4.78, 5) is 11.1. The van der Waals surface area contributed by atoms with E-state index in [0.29, 0.717) is 18.4 Å². The van der Waals surface area contributed by atoms with Crippen LogP contribution in [0, 0.1) is 5.82 Å². The minimum atomic E-state index is -2.82. The van der Waals surface area contributed by atoms with E-state index in [0.717, 1.165) is 12.1 Å². The van der Waals surface area contributed by atoms with Gasteiger partial charge in [0.15, 0.2) is 5.78 Å². The number of fused-ring (bicyclic) bond motifs is 1. The van der Waals surface area contributed by atoms with E-state index < -0.39 is 17.8 Å². The molecule has 0 radical (unpaired) electrons. The molecule has 1 aliphatic carbocycles. The molecule has 1 aromatic rings. The fourth-order valence-corrected chi connectivity index (χ4v) is 1.65. The highest BCUT2D eigenvalue weighted by molar-refractivity contribution is 6.00. The molecular weight excluding hydrogens is 193 g/mol. The van der Waals surface area contributed by atoms with Crippen LogP contribution in [0.15, 0.2) is 12.1 Å². The Bertz CT molecular complexity index is 399. The van der Waals surface area contributed by atoms with Crippen molar-refractivity contribution in [1.29, 1.82) is 0 Å². The quantitative estimate of drug-likeness (QED) is 0.681. The number of carbonyl (C=O) groups is 1. The summed E-state index contributed by atoms with van der Waals surface area (Å²) in [5.41, 5.74) is 0.178. The van der Waals surface area contributed by atoms with E-state index in [9.17, 15) is 18.0 Å². The predicted molar refractivity (Wildman–Crippen MR) is 44.0 cm³/mol. The molecule has 14 heavy (non-hydrogen) atoms. The van der Waals surface area contributed by atoms with Gasteiger partial charge in [-0.25, -0.2) is 13.2 Å². The van der Waals surface area contributed by atoms with Crippen molar-refractivity contribution in [3.63, 3.8) is 0 Å². The lowest BCUT2D eigenvalue weighted by Crippen LogP contribution is -1.97. The summed E-state index contributed by atoms with van der Waals surface area (Å²) in [7, 11) is 0. The second-order valence-electron chi connectivity index (χ2n) is 3.25. The molecule has 0 aliphatic heterocycles. The third-order valence-corrected chi connectivity index (χ3v) is 2.38. The van der Waals surface area contributed by atoms with Crippen LogP contribution in [0.1, 0.15) is 34.3 Å². The van der Waals surface area contributed by atoms with E-state index in [1.54, 1.807) is 0 Å². The lowest BCUT2D eigenvalue weighted by Gasteiger charge is -2.04. The lowest BCUT2D eigenvalue weighted by atomic mass is 10.1. The Morgan fingerprint density at radius 2 is 1.93 bits per heavy atom. The topological polar surface area (TPSA) is 17.1 Å². The van der Waals surface area contributed by atoms with Crippen LogP contribution in [0.2, 0.25) is 0 Å². The van der Waals surface area contributed by atoms with Gasteiger partial charge < -0.3 is 0 Å². The highest BCUT2D eigenvalue weighted by Crippen LogP contribution is 2.29. The van der Waals surface area contributed by atoms with Gasteiger partial charge in [0.2, 0.25) is 0 Å². The summed E-state index contributed by atoms with van der Waals surface area (Å²) < 4.78 is 37.6. The van der Waals surface area contributed by atoms with Crippen molar-refractivity contribution in [1.82, 2.24) is 0 Å². The first-order valence-corrected chi connectivity index (χ1v) is 4.23. The first-order chi connectivity index (χ1) is 6.59. The van der Waals surface area contributed by atoms with Crippen LogP contribution >= 0.6 is 0 Å². The van der Waals surface area contributed by atoms with E-state index in [1.807, 2.05) is 0 Å². The van der Waals surface area contributed by atoms with Gasteiger partial charge in [-0.1, -0.05) is 0 Å². The number of benzene rings is 1. The molecule has 0 aromatic heterocycles. The van der Waals surface area contributed by atoms with Crippen molar-refractivity contribution < 1.29 is 18.0 Å². The van der Waals surface area contributed by atoms with Gasteiger partial charge in [-0.15, -0.1) is 0 Å². The van der Waals surface area contributed by atoms with Crippen molar-refractivity contribution in [2.75, 3.05) is 0 Å². The van der Waals surface area contributed by atoms with E-state index in [4.69, 9.17) is 0 Å². The number of ketones is 1. The Labute approximate surface area is 78.5 Å². The first-order valence-electron chi connectivity index (χ1n) is 4.23. The van der Waals surface area contributed by atoms with Crippen LogP contribution in [0.25, 0.3) is 0 Å². The van der Waals surface area contributed by atoms with Gasteiger partial charge in [0.1, 0.15) is 5.82 Å². The molecule has 0 saturated carbocycles. The fourth-order valence-electron chi connectivity index (χ4n) is 1.65. The molecule has 0 heterocycles. The molecule has 0 fully saturated rings. The van der Waals surface area contributed by atoms with Crippen LogP contribution in [-0.4, -0.2) is 5.78 Å². The zero-order chi connectivity index (χ0) is 10.3. The van der Waals surface area contributed by atoms with Crippen LogP contribution in [0.5, 0.6) is 0 Å². The maximum Gasteiger partial charge on any atom is 0.266 e. The number of hydrogen-bond donors (Lipinski definition) is 0. The summed E-state index contributed by atoms with van der Waals surface area (Å²) >= 11 is 0. The SMILES string of the molecule is O=C1CCc2cc(C(F)F)c(F)cc21. The first kappa shape index (κ1) is 9.24. The van der Waals surface area contributed by atoms with Gasteiger partial charge in [0.25, 0.3) is 6.43 Å². The fraction of sp³-hybridized carbons (Fsp3) is 0.300. The van der Waals surface area contributed by atoms with E-state index in [-0.39, 0.29) is 11.3 Å². The van der Waals surface area contributed by atoms with E-state index >= 15 is 0 Å². The van der Waals surface area contributed by atoms with Gasteiger partial charge >= 0.3 is 0 Å². The largest absolute Gasteiger partial charge is 0.294 e. The van der Waals surface area contributed by atoms with Crippen LogP contribution in [0.3, 0.4) is 0 Å². The number of hydrogen-bond acceptors (Lipinski definition) is 1. The molecule has 0 N–H and O–H groups in total. The monoisotopic (exact) mass is 200 g/mol. The standard InChI is InChI=1S/C10H7F3O/c11-8-4-6-5(1-2-9(6)14)3-7(8)10(12)13/h3-4,10H,1-2H2. The van der Waals surface area contributed by atoms with Crippen LogP contribution in [0.4, 0.5) is 13.2 Å². The van der Waals surface area contributed by atoms with E-state index in [2.05, 4.69) is 0 Å². The van der Waals surface area contributed by atoms with Gasteiger partial charge in [0, 0.05) is 12.0 Å². The minimum absolute atomic E-state index is 0.167. The highest BCUT2D eigenvalue weighted by atomic mass is 19.3. The maximum absolute atomic E-state index is 13.0. The molecule has 1 aliphatic rings. The zero-order valence-electron chi connectivity index (χ0n) is 7.19. The van der Waals surface area contributed by atoms with Gasteiger partial charge in [-0.2, -0.15) is 0 Å². The molecule has 0 amide bonds. The third-order valence-electron chi connectivity index (χ3n) is 2.38. The van der Waals surface area contributed by atoms with Crippen LogP contribution < -0.4 is 0 Å². The minimum Gasteiger partial charge on any atom is -0.294 e. The molecule has 74 valence electrons. The second kappa shape index (κ2) is 3.12. The van der Waals surface area contributed by atoms with Crippen molar-refractivity contribution in [2.45, 2.75) is 19.3 Å². The molecule has 0 bridgehead atoms. The summed E-state index contributed by atoms with van der Waals surface area (Å²) in [5.74, 6) is -1.16. The molecule has 0 spiro atoms. The molecule has 0 saturated heterocycles. The Balaban J connectivity index is 2.55. The van der Waals surface area contributed by atoms with Crippen molar-refractivity contribution in [3.05, 3.63) is 34.6 Å². The summed E-state index contributed by atoms with van der Waals surface area (Å²) in [6, 6.07) is 2.02. The smallest absolute Gasteiger partial charge is 0.266 e. The highest BCUT2D eigenvalue weighted by Gasteiger charge is 2.24. The number of halogens is 3. The average Bonchev–Trinajstić information content (AvgIpc) is 2.46. The van der Waals surface area contributed by atoms with E-state index in [1.165, 1.54) is 0 Å². The average molecular weight is 200 g/mol. The Kier molecular flexibility index (Phi) is 2.06. The molecule has 2 rings (SSSR count). The Morgan fingerprint density at radius 1 is 1.21 bits per heavy atom. The third kappa shape index (κ3) is 1.31. The molecule has 4 heteroatoms. The second-order valence-corrected chi connectivity index (χ2v) is 3.25. The zero-order valence-corrected chi connectivity index (χ0v) is 7.19. The number of aryl methyl sites for hydroxylation is 1.